The summed E-state index contributed by atoms with van der Waals surface area (Å²) < 4.78 is 0. The molecule has 72 heavy (non-hydrogen) atoms. The van der Waals surface area contributed by atoms with E-state index in [0.717, 1.165) is 0 Å². The molecule has 0 amide bonds. The molecular formula is C70H52Si2. The molecule has 12 aromatic rings. The molecule has 0 aromatic heterocycles. The minimum Gasteiger partial charge on any atom is -0.0623 e. The molecule has 0 fully saturated rings. The maximum absolute atomic E-state index is 2.79. The van der Waals surface area contributed by atoms with Crippen LogP contribution in [0.5, 0.6) is 0 Å². The topological polar surface area (TPSA) is 0 Å². The molecule has 0 aliphatic heterocycles. The molecule has 12 aromatic carbocycles. The van der Waals surface area contributed by atoms with Crippen LogP contribution in [0.15, 0.2) is 315 Å². The van der Waals surface area contributed by atoms with Gasteiger partial charge in [-0.25, -0.2) is 0 Å². The van der Waals surface area contributed by atoms with Crippen LogP contribution in [0.25, 0.3) is 55.3 Å². The average Bonchev–Trinajstić information content (AvgIpc) is 3.47. The van der Waals surface area contributed by atoms with Gasteiger partial charge in [0.1, 0.15) is 0 Å². The molecule has 12 rings (SSSR count). The zero-order valence-corrected chi connectivity index (χ0v) is 42.0. The molecule has 0 saturated carbocycles. The monoisotopic (exact) mass is 948 g/mol. The Bertz CT molecular complexity index is 3270. The second-order valence-electron chi connectivity index (χ2n) is 18.6. The minimum atomic E-state index is -2.79. The van der Waals surface area contributed by atoms with Gasteiger partial charge >= 0.3 is 0 Å². The molecule has 0 aliphatic carbocycles. The van der Waals surface area contributed by atoms with Crippen molar-refractivity contribution in [2.75, 3.05) is 0 Å². The van der Waals surface area contributed by atoms with E-state index in [9.17, 15) is 0 Å². The first-order valence-electron chi connectivity index (χ1n) is 25.0. The van der Waals surface area contributed by atoms with Crippen molar-refractivity contribution in [2.24, 2.45) is 0 Å². The third-order valence-electron chi connectivity index (χ3n) is 14.8. The van der Waals surface area contributed by atoms with Crippen molar-refractivity contribution < 1.29 is 0 Å². The number of fused-ring (bicyclic) bond motifs is 1. The molecule has 0 N–H and O–H groups in total. The lowest BCUT2D eigenvalue weighted by atomic mass is 9.79. The average molecular weight is 949 g/mol. The SMILES string of the molecule is c1ccc(-c2c(-c3ccc([Si](c4ccccc4)(c4ccccc4)c4ccccc4)cc3)c(-c3ccc([Si](c4ccccc4)(c4ccccc4)c4ccccc4)cc3)c(-c3ccccc3)c3ccccc23)cc1. The van der Waals surface area contributed by atoms with E-state index >= 15 is 0 Å². The predicted octanol–water partition coefficient (Wildman–Crippen LogP) is 12.3. The van der Waals surface area contributed by atoms with Crippen LogP contribution < -0.4 is 41.5 Å². The van der Waals surface area contributed by atoms with Crippen molar-refractivity contribution in [3.8, 4) is 44.5 Å². The summed E-state index contributed by atoms with van der Waals surface area (Å²) in [5, 5.41) is 13.3. The summed E-state index contributed by atoms with van der Waals surface area (Å²) in [7, 11) is -5.58. The van der Waals surface area contributed by atoms with Crippen LogP contribution in [-0.2, 0) is 0 Å². The highest BCUT2D eigenvalue weighted by Gasteiger charge is 2.43. The fourth-order valence-corrected chi connectivity index (χ4v) is 21.2. The fourth-order valence-electron chi connectivity index (χ4n) is 11.7. The van der Waals surface area contributed by atoms with E-state index in [4.69, 9.17) is 0 Å². The zero-order valence-electron chi connectivity index (χ0n) is 40.0. The van der Waals surface area contributed by atoms with Gasteiger partial charge in [-0.05, 0) is 96.8 Å². The summed E-state index contributed by atoms with van der Waals surface area (Å²) in [5.74, 6) is 0. The summed E-state index contributed by atoms with van der Waals surface area (Å²) in [5.41, 5.74) is 9.65. The largest absolute Gasteiger partial charge is 0.179 e. The lowest BCUT2D eigenvalue weighted by Crippen LogP contribution is -2.74. The van der Waals surface area contributed by atoms with Gasteiger partial charge in [0.25, 0.3) is 0 Å². The highest BCUT2D eigenvalue weighted by Crippen LogP contribution is 2.50. The lowest BCUT2D eigenvalue weighted by molar-refractivity contribution is 1.57. The predicted molar refractivity (Wildman–Crippen MR) is 313 cm³/mol. The van der Waals surface area contributed by atoms with Gasteiger partial charge in [0, 0.05) is 0 Å². The van der Waals surface area contributed by atoms with Crippen molar-refractivity contribution in [1.82, 2.24) is 0 Å². The Morgan fingerprint density at radius 2 is 0.319 bits per heavy atom. The van der Waals surface area contributed by atoms with Crippen LogP contribution in [0, 0.1) is 0 Å². The maximum atomic E-state index is 2.45. The minimum absolute atomic E-state index is 1.18. The first kappa shape index (κ1) is 44.5. The van der Waals surface area contributed by atoms with Crippen molar-refractivity contribution >= 4 is 68.4 Å². The smallest absolute Gasteiger partial charge is 0.0623 e. The van der Waals surface area contributed by atoms with Gasteiger partial charge in [0.2, 0.25) is 0 Å². The molecule has 0 aliphatic rings. The van der Waals surface area contributed by atoms with Crippen LogP contribution >= 0.6 is 0 Å². The molecule has 0 spiro atoms. The first-order chi connectivity index (χ1) is 35.8. The Morgan fingerprint density at radius 1 is 0.139 bits per heavy atom. The molecule has 340 valence electrons. The Labute approximate surface area is 425 Å². The number of rotatable bonds is 12. The van der Waals surface area contributed by atoms with Crippen LogP contribution in [0.4, 0.5) is 0 Å². The molecule has 0 unspecified atom stereocenters. The van der Waals surface area contributed by atoms with Crippen molar-refractivity contribution in [3.63, 3.8) is 0 Å². The van der Waals surface area contributed by atoms with Gasteiger partial charge in [0.15, 0.2) is 16.1 Å². The molecule has 0 nitrogen and oxygen atoms in total. The van der Waals surface area contributed by atoms with Crippen LogP contribution in [0.2, 0.25) is 0 Å². The van der Waals surface area contributed by atoms with Crippen molar-refractivity contribution in [1.29, 1.82) is 0 Å². The highest BCUT2D eigenvalue weighted by atomic mass is 28.3. The lowest BCUT2D eigenvalue weighted by Gasteiger charge is -2.35. The second-order valence-corrected chi connectivity index (χ2v) is 26.2. The molecule has 2 heteroatoms. The Morgan fingerprint density at radius 3 is 0.556 bits per heavy atom. The van der Waals surface area contributed by atoms with Gasteiger partial charge in [-0.1, -0.05) is 315 Å². The second kappa shape index (κ2) is 19.6. The molecular weight excluding hydrogens is 897 g/mol. The van der Waals surface area contributed by atoms with Gasteiger partial charge < -0.3 is 0 Å². The Balaban J connectivity index is 1.16. The van der Waals surface area contributed by atoms with Gasteiger partial charge in [-0.3, -0.25) is 0 Å². The molecule has 0 bridgehead atoms. The molecule has 0 atom stereocenters. The summed E-state index contributed by atoms with van der Waals surface area (Å²) in [6.07, 6.45) is 0. The van der Waals surface area contributed by atoms with E-state index in [1.165, 1.54) is 96.8 Å². The van der Waals surface area contributed by atoms with E-state index in [1.54, 1.807) is 0 Å². The van der Waals surface area contributed by atoms with Crippen LogP contribution in [0.3, 0.4) is 0 Å². The fraction of sp³-hybridized carbons (Fsp3) is 0. The number of hydrogen-bond donors (Lipinski definition) is 0. The standard InChI is InChI=1S/C70H52Si2/c1-9-27-53(28-10-1)67-65-43-25-26-44-66(65)68(54-29-11-2-12-30-54)70(56-47-51-64(52-48-56)72(60-37-19-6-20-38-60,61-39-21-7-22-40-61)62-41-23-8-24-42-62)69(67)55-45-49-63(50-46-55)71(57-31-13-3-14-32-57,58-33-15-4-16-34-58)59-35-17-5-18-36-59/h1-52H. The Hall–Kier alpha value is -8.67. The molecule has 0 saturated heterocycles. The number of benzene rings is 12. The summed E-state index contributed by atoms with van der Waals surface area (Å²) in [4.78, 5) is 0. The van der Waals surface area contributed by atoms with Gasteiger partial charge in [-0.15, -0.1) is 0 Å². The maximum Gasteiger partial charge on any atom is 0.179 e. The van der Waals surface area contributed by atoms with Crippen LogP contribution in [-0.4, -0.2) is 16.1 Å². The van der Waals surface area contributed by atoms with E-state index in [2.05, 4.69) is 315 Å². The molecule has 0 radical (unpaired) electrons. The quantitative estimate of drug-likeness (QED) is 0.0846. The summed E-state index contributed by atoms with van der Waals surface area (Å²) in [6.45, 7) is 0. The highest BCUT2D eigenvalue weighted by molar-refractivity contribution is 7.20. The van der Waals surface area contributed by atoms with E-state index in [-0.39, 0.29) is 0 Å². The zero-order chi connectivity index (χ0) is 48.2. The molecule has 0 heterocycles. The van der Waals surface area contributed by atoms with Gasteiger partial charge in [0.05, 0.1) is 0 Å². The van der Waals surface area contributed by atoms with Crippen molar-refractivity contribution in [2.45, 2.75) is 0 Å². The normalized spacial score (nSPS) is 11.6. The van der Waals surface area contributed by atoms with E-state index in [0.29, 0.717) is 0 Å². The third kappa shape index (κ3) is 7.70. The van der Waals surface area contributed by atoms with Crippen molar-refractivity contribution in [3.05, 3.63) is 315 Å². The Kier molecular flexibility index (Phi) is 12.1. The van der Waals surface area contributed by atoms with E-state index in [1.807, 2.05) is 0 Å². The first-order valence-corrected chi connectivity index (χ1v) is 29.0. The summed E-state index contributed by atoms with van der Waals surface area (Å²) >= 11 is 0. The van der Waals surface area contributed by atoms with Crippen LogP contribution in [0.1, 0.15) is 0 Å². The summed E-state index contributed by atoms with van der Waals surface area (Å²) in [6, 6.07) is 118. The van der Waals surface area contributed by atoms with E-state index < -0.39 is 16.1 Å². The van der Waals surface area contributed by atoms with Gasteiger partial charge in [-0.2, -0.15) is 0 Å². The number of hydrogen-bond acceptors (Lipinski definition) is 0. The third-order valence-corrected chi connectivity index (χ3v) is 24.4.